The topological polar surface area (TPSA) is 20.2 Å². The highest BCUT2D eigenvalue weighted by Gasteiger charge is 2.09. The fourth-order valence-electron chi connectivity index (χ4n) is 2.41. The van der Waals surface area contributed by atoms with Crippen molar-refractivity contribution in [2.75, 3.05) is 27.2 Å². The minimum atomic E-state index is 0.152. The zero-order valence-corrected chi connectivity index (χ0v) is 13.5. The van der Waals surface area contributed by atoms with Gasteiger partial charge in [0.1, 0.15) is 0 Å². The van der Waals surface area contributed by atoms with Gasteiger partial charge >= 0.3 is 0 Å². The van der Waals surface area contributed by atoms with Crippen LogP contribution < -0.4 is 0 Å². The van der Waals surface area contributed by atoms with Crippen molar-refractivity contribution in [3.8, 4) is 0 Å². The SMILES string of the molecule is CCCCCCCCCCCC[N+](C)(C)/C=C/CO. The maximum absolute atomic E-state index is 8.78. The van der Waals surface area contributed by atoms with Crippen LogP contribution in [0.3, 0.4) is 0 Å². The lowest BCUT2D eigenvalue weighted by Gasteiger charge is -2.24. The van der Waals surface area contributed by atoms with Gasteiger partial charge in [0.25, 0.3) is 0 Å². The van der Waals surface area contributed by atoms with Gasteiger partial charge < -0.3 is 9.59 Å². The minimum Gasteiger partial charge on any atom is -0.392 e. The van der Waals surface area contributed by atoms with E-state index in [-0.39, 0.29) is 6.61 Å². The molecule has 1 N–H and O–H groups in total. The highest BCUT2D eigenvalue weighted by atomic mass is 16.2. The Labute approximate surface area is 121 Å². The van der Waals surface area contributed by atoms with Crippen molar-refractivity contribution in [1.82, 2.24) is 0 Å². The van der Waals surface area contributed by atoms with Gasteiger partial charge in [-0.3, -0.25) is 0 Å². The predicted octanol–water partition coefficient (Wildman–Crippen LogP) is 4.49. The molecular weight excluding hydrogens is 234 g/mol. The molecule has 0 radical (unpaired) electrons. The van der Waals surface area contributed by atoms with Crippen LogP contribution in [0.4, 0.5) is 0 Å². The molecule has 0 aromatic carbocycles. The second kappa shape index (κ2) is 12.7. The molecule has 19 heavy (non-hydrogen) atoms. The molecule has 0 atom stereocenters. The van der Waals surface area contributed by atoms with Crippen molar-refractivity contribution in [3.63, 3.8) is 0 Å². The summed E-state index contributed by atoms with van der Waals surface area (Å²) in [5, 5.41) is 8.78. The molecule has 0 aromatic heterocycles. The third-order valence-electron chi connectivity index (χ3n) is 3.70. The maximum atomic E-state index is 8.78. The van der Waals surface area contributed by atoms with E-state index >= 15 is 0 Å². The average Bonchev–Trinajstić information content (AvgIpc) is 2.38. The first-order valence-electron chi connectivity index (χ1n) is 8.23. The van der Waals surface area contributed by atoms with E-state index in [4.69, 9.17) is 5.11 Å². The number of rotatable bonds is 13. The highest BCUT2D eigenvalue weighted by molar-refractivity contribution is 4.71. The summed E-state index contributed by atoms with van der Waals surface area (Å²) in [5.74, 6) is 0. The van der Waals surface area contributed by atoms with Gasteiger partial charge in [-0.2, -0.15) is 0 Å². The van der Waals surface area contributed by atoms with Crippen LogP contribution in [-0.4, -0.2) is 36.8 Å². The van der Waals surface area contributed by atoms with Gasteiger partial charge in [0.15, 0.2) is 0 Å². The second-order valence-corrected chi connectivity index (χ2v) is 6.25. The lowest BCUT2D eigenvalue weighted by Crippen LogP contribution is -2.34. The molecule has 0 aliphatic rings. The third kappa shape index (κ3) is 13.9. The quantitative estimate of drug-likeness (QED) is 0.386. The van der Waals surface area contributed by atoms with E-state index in [1.807, 2.05) is 6.08 Å². The van der Waals surface area contributed by atoms with Crippen LogP contribution >= 0.6 is 0 Å². The molecule has 0 saturated heterocycles. The lowest BCUT2D eigenvalue weighted by atomic mass is 10.1. The smallest absolute Gasteiger partial charge is 0.0936 e. The largest absolute Gasteiger partial charge is 0.392 e. The monoisotopic (exact) mass is 270 g/mol. The van der Waals surface area contributed by atoms with E-state index in [1.165, 1.54) is 70.8 Å². The van der Waals surface area contributed by atoms with Crippen molar-refractivity contribution in [2.24, 2.45) is 0 Å². The number of aliphatic hydroxyl groups excluding tert-OH is 1. The molecule has 0 bridgehead atoms. The molecule has 0 spiro atoms. The van der Waals surface area contributed by atoms with Crippen LogP contribution in [0.5, 0.6) is 0 Å². The third-order valence-corrected chi connectivity index (χ3v) is 3.70. The molecule has 114 valence electrons. The maximum Gasteiger partial charge on any atom is 0.0936 e. The number of hydrogen-bond donors (Lipinski definition) is 1. The van der Waals surface area contributed by atoms with E-state index in [0.717, 1.165) is 4.48 Å². The Bertz CT molecular complexity index is 211. The van der Waals surface area contributed by atoms with Crippen molar-refractivity contribution >= 4 is 0 Å². The second-order valence-electron chi connectivity index (χ2n) is 6.25. The molecule has 0 fully saturated rings. The number of hydrogen-bond acceptors (Lipinski definition) is 1. The lowest BCUT2D eigenvalue weighted by molar-refractivity contribution is -0.839. The Balaban J connectivity index is 3.28. The van der Waals surface area contributed by atoms with Crippen molar-refractivity contribution in [3.05, 3.63) is 12.3 Å². The Hall–Kier alpha value is -0.340. The number of quaternary nitrogens is 1. The molecule has 2 nitrogen and oxygen atoms in total. The number of aliphatic hydroxyl groups is 1. The summed E-state index contributed by atoms with van der Waals surface area (Å²) < 4.78 is 0.886. The Kier molecular flexibility index (Phi) is 12.5. The van der Waals surface area contributed by atoms with Gasteiger partial charge in [0, 0.05) is 0 Å². The van der Waals surface area contributed by atoms with Crippen molar-refractivity contribution in [1.29, 1.82) is 0 Å². The Morgan fingerprint density at radius 3 is 1.74 bits per heavy atom. The average molecular weight is 270 g/mol. The van der Waals surface area contributed by atoms with Crippen LogP contribution in [0, 0.1) is 0 Å². The molecule has 0 rings (SSSR count). The summed E-state index contributed by atoms with van der Waals surface area (Å²) in [6.45, 7) is 3.60. The standard InChI is InChI=1S/C17H36NO/c1-4-5-6-7-8-9-10-11-12-13-15-18(2,3)16-14-17-19/h14,16,19H,4-13,15,17H2,1-3H3/q+1/b16-14+. The fourth-order valence-corrected chi connectivity index (χ4v) is 2.41. The molecule has 0 unspecified atom stereocenters. The minimum absolute atomic E-state index is 0.152. The fraction of sp³-hybridized carbons (Fsp3) is 0.882. The van der Waals surface area contributed by atoms with Gasteiger partial charge in [-0.25, -0.2) is 0 Å². The van der Waals surface area contributed by atoms with Gasteiger partial charge in [0.05, 0.1) is 33.4 Å². The van der Waals surface area contributed by atoms with E-state index in [0.29, 0.717) is 0 Å². The molecule has 0 aromatic rings. The molecule has 0 saturated carbocycles. The summed E-state index contributed by atoms with van der Waals surface area (Å²) in [7, 11) is 4.39. The summed E-state index contributed by atoms with van der Waals surface area (Å²) >= 11 is 0. The molecule has 0 heterocycles. The van der Waals surface area contributed by atoms with E-state index < -0.39 is 0 Å². The van der Waals surface area contributed by atoms with Gasteiger partial charge in [-0.05, 0) is 18.9 Å². The first-order valence-corrected chi connectivity index (χ1v) is 8.23. The van der Waals surface area contributed by atoms with E-state index in [9.17, 15) is 0 Å². The van der Waals surface area contributed by atoms with Gasteiger partial charge in [0.2, 0.25) is 0 Å². The predicted molar refractivity (Wildman–Crippen MR) is 85.0 cm³/mol. The number of unbranched alkanes of at least 4 members (excludes halogenated alkanes) is 9. The number of nitrogens with zero attached hydrogens (tertiary/aromatic N) is 1. The van der Waals surface area contributed by atoms with E-state index in [2.05, 4.69) is 27.2 Å². The molecule has 0 aliphatic heterocycles. The first kappa shape index (κ1) is 18.7. The highest BCUT2D eigenvalue weighted by Crippen LogP contribution is 2.11. The first-order chi connectivity index (χ1) is 9.12. The van der Waals surface area contributed by atoms with Gasteiger partial charge in [-0.1, -0.05) is 58.3 Å². The molecule has 0 amide bonds. The van der Waals surface area contributed by atoms with Gasteiger partial charge in [-0.15, -0.1) is 0 Å². The Morgan fingerprint density at radius 1 is 0.789 bits per heavy atom. The normalized spacial score (nSPS) is 12.4. The van der Waals surface area contributed by atoms with Crippen molar-refractivity contribution < 1.29 is 9.59 Å². The van der Waals surface area contributed by atoms with Crippen molar-refractivity contribution in [2.45, 2.75) is 71.1 Å². The summed E-state index contributed by atoms with van der Waals surface area (Å²) in [5.41, 5.74) is 0. The van der Waals surface area contributed by atoms with Crippen LogP contribution in [0.2, 0.25) is 0 Å². The molecule has 0 aliphatic carbocycles. The molecule has 2 heteroatoms. The van der Waals surface area contributed by atoms with Crippen LogP contribution in [-0.2, 0) is 0 Å². The zero-order valence-electron chi connectivity index (χ0n) is 13.5. The summed E-state index contributed by atoms with van der Waals surface area (Å²) in [6.07, 6.45) is 17.8. The zero-order chi connectivity index (χ0) is 14.4. The van der Waals surface area contributed by atoms with Crippen LogP contribution in [0.1, 0.15) is 71.1 Å². The van der Waals surface area contributed by atoms with E-state index in [1.54, 1.807) is 0 Å². The summed E-state index contributed by atoms with van der Waals surface area (Å²) in [4.78, 5) is 0. The van der Waals surface area contributed by atoms with Crippen LogP contribution in [0.15, 0.2) is 12.3 Å². The van der Waals surface area contributed by atoms with Crippen LogP contribution in [0.25, 0.3) is 0 Å². The Morgan fingerprint density at radius 2 is 1.26 bits per heavy atom. The summed E-state index contributed by atoms with van der Waals surface area (Å²) in [6, 6.07) is 0. The molecular formula is C17H36NO+.